The number of piperidine rings is 1. The fourth-order valence-electron chi connectivity index (χ4n) is 3.14. The van der Waals surface area contributed by atoms with Crippen molar-refractivity contribution in [1.29, 1.82) is 0 Å². The average Bonchev–Trinajstić information content (AvgIpc) is 3.10. The van der Waals surface area contributed by atoms with E-state index in [0.29, 0.717) is 23.3 Å². The Bertz CT molecular complexity index is 737. The number of carbonyl (C=O) groups is 1. The maximum Gasteiger partial charge on any atom is 0.242 e. The van der Waals surface area contributed by atoms with Crippen LogP contribution in [0.5, 0.6) is 5.88 Å². The SMILES string of the molecule is COc1cccc(-c2cn(CC(=O)NC3CCN(C(C)C)CC3)nn2)n1. The monoisotopic (exact) mass is 358 g/mol. The van der Waals surface area contributed by atoms with E-state index in [1.54, 1.807) is 19.4 Å². The second kappa shape index (κ2) is 8.27. The zero-order valence-electron chi connectivity index (χ0n) is 15.6. The molecule has 0 saturated carbocycles. The molecule has 0 bridgehead atoms. The Hall–Kier alpha value is -2.48. The van der Waals surface area contributed by atoms with Gasteiger partial charge in [-0.2, -0.15) is 0 Å². The van der Waals surface area contributed by atoms with Crippen LogP contribution in [0.4, 0.5) is 0 Å². The fraction of sp³-hybridized carbons (Fsp3) is 0.556. The highest BCUT2D eigenvalue weighted by atomic mass is 16.5. The Balaban J connectivity index is 1.53. The Kier molecular flexibility index (Phi) is 5.82. The van der Waals surface area contributed by atoms with Gasteiger partial charge < -0.3 is 15.0 Å². The third-order valence-electron chi connectivity index (χ3n) is 4.66. The van der Waals surface area contributed by atoms with E-state index in [4.69, 9.17) is 4.74 Å². The van der Waals surface area contributed by atoms with E-state index in [-0.39, 0.29) is 18.5 Å². The summed E-state index contributed by atoms with van der Waals surface area (Å²) in [7, 11) is 1.57. The van der Waals surface area contributed by atoms with Gasteiger partial charge in [0.2, 0.25) is 11.8 Å². The minimum atomic E-state index is -0.0388. The number of methoxy groups -OCH3 is 1. The highest BCUT2D eigenvalue weighted by molar-refractivity contribution is 5.76. The molecule has 0 spiro atoms. The van der Waals surface area contributed by atoms with Gasteiger partial charge in [-0.15, -0.1) is 5.10 Å². The third kappa shape index (κ3) is 4.57. The highest BCUT2D eigenvalue weighted by Crippen LogP contribution is 2.17. The number of nitrogens with zero attached hydrogens (tertiary/aromatic N) is 5. The van der Waals surface area contributed by atoms with Crippen LogP contribution >= 0.6 is 0 Å². The Morgan fingerprint density at radius 2 is 2.08 bits per heavy atom. The van der Waals surface area contributed by atoms with Gasteiger partial charge in [-0.25, -0.2) is 9.67 Å². The highest BCUT2D eigenvalue weighted by Gasteiger charge is 2.22. The average molecular weight is 358 g/mol. The molecular weight excluding hydrogens is 332 g/mol. The van der Waals surface area contributed by atoms with Gasteiger partial charge in [-0.05, 0) is 32.8 Å². The van der Waals surface area contributed by atoms with Crippen LogP contribution < -0.4 is 10.1 Å². The fourth-order valence-corrected chi connectivity index (χ4v) is 3.14. The van der Waals surface area contributed by atoms with Crippen LogP contribution in [0.3, 0.4) is 0 Å². The smallest absolute Gasteiger partial charge is 0.242 e. The summed E-state index contributed by atoms with van der Waals surface area (Å²) in [5.74, 6) is 0.477. The first kappa shape index (κ1) is 18.3. The summed E-state index contributed by atoms with van der Waals surface area (Å²) in [5, 5.41) is 11.2. The number of rotatable bonds is 6. The molecule has 0 unspecified atom stereocenters. The quantitative estimate of drug-likeness (QED) is 0.839. The lowest BCUT2D eigenvalue weighted by atomic mass is 10.0. The largest absolute Gasteiger partial charge is 0.481 e. The standard InChI is InChI=1S/C18H26N6O2/c1-13(2)23-9-7-14(8-10-23)19-17(25)12-24-11-16(21-22-24)15-5-4-6-18(20-15)26-3/h4-6,11,13-14H,7-10,12H2,1-3H3,(H,19,25). The van der Waals surface area contributed by atoms with Crippen LogP contribution in [0, 0.1) is 0 Å². The predicted octanol–water partition coefficient (Wildman–Crippen LogP) is 1.34. The lowest BCUT2D eigenvalue weighted by molar-refractivity contribution is -0.122. The first-order chi connectivity index (χ1) is 12.5. The maximum atomic E-state index is 12.3. The predicted molar refractivity (Wildman–Crippen MR) is 97.7 cm³/mol. The molecular formula is C18H26N6O2. The molecule has 1 saturated heterocycles. The molecule has 0 aliphatic carbocycles. The van der Waals surface area contributed by atoms with Crippen molar-refractivity contribution in [3.05, 3.63) is 24.4 Å². The summed E-state index contributed by atoms with van der Waals surface area (Å²) in [6, 6.07) is 6.24. The van der Waals surface area contributed by atoms with E-state index in [9.17, 15) is 4.79 Å². The molecule has 1 aliphatic rings. The lowest BCUT2D eigenvalue weighted by Gasteiger charge is -2.34. The molecule has 8 heteroatoms. The van der Waals surface area contributed by atoms with E-state index in [0.717, 1.165) is 25.9 Å². The molecule has 1 aliphatic heterocycles. The van der Waals surface area contributed by atoms with Gasteiger partial charge >= 0.3 is 0 Å². The van der Waals surface area contributed by atoms with Gasteiger partial charge in [0.15, 0.2) is 0 Å². The molecule has 0 radical (unpaired) electrons. The summed E-state index contributed by atoms with van der Waals surface area (Å²) in [6.45, 7) is 6.62. The van der Waals surface area contributed by atoms with Crippen molar-refractivity contribution in [2.75, 3.05) is 20.2 Å². The number of ether oxygens (including phenoxy) is 1. The van der Waals surface area contributed by atoms with Gasteiger partial charge in [0, 0.05) is 31.2 Å². The molecule has 140 valence electrons. The summed E-state index contributed by atoms with van der Waals surface area (Å²) < 4.78 is 6.66. The van der Waals surface area contributed by atoms with E-state index >= 15 is 0 Å². The van der Waals surface area contributed by atoms with Gasteiger partial charge in [-0.1, -0.05) is 11.3 Å². The van der Waals surface area contributed by atoms with Gasteiger partial charge in [0.25, 0.3) is 0 Å². The summed E-state index contributed by atoms with van der Waals surface area (Å²) in [4.78, 5) is 19.1. The van der Waals surface area contributed by atoms with Crippen molar-refractivity contribution >= 4 is 5.91 Å². The molecule has 0 aromatic carbocycles. The zero-order valence-corrected chi connectivity index (χ0v) is 15.6. The Labute approximate surface area is 153 Å². The number of likely N-dealkylation sites (tertiary alicyclic amines) is 1. The van der Waals surface area contributed by atoms with Crippen molar-refractivity contribution in [2.24, 2.45) is 0 Å². The van der Waals surface area contributed by atoms with E-state index in [1.165, 1.54) is 4.68 Å². The number of hydrogen-bond donors (Lipinski definition) is 1. The van der Waals surface area contributed by atoms with Crippen molar-refractivity contribution < 1.29 is 9.53 Å². The number of aromatic nitrogens is 4. The van der Waals surface area contributed by atoms with Crippen LogP contribution in [0.25, 0.3) is 11.4 Å². The minimum Gasteiger partial charge on any atom is -0.481 e. The van der Waals surface area contributed by atoms with Crippen LogP contribution in [0.2, 0.25) is 0 Å². The van der Waals surface area contributed by atoms with Crippen LogP contribution in [-0.4, -0.2) is 63.1 Å². The summed E-state index contributed by atoms with van der Waals surface area (Å²) >= 11 is 0. The third-order valence-corrected chi connectivity index (χ3v) is 4.66. The number of pyridine rings is 1. The zero-order chi connectivity index (χ0) is 18.5. The normalized spacial score (nSPS) is 16.0. The number of carbonyl (C=O) groups excluding carboxylic acids is 1. The maximum absolute atomic E-state index is 12.3. The van der Waals surface area contributed by atoms with Gasteiger partial charge in [0.1, 0.15) is 12.2 Å². The molecule has 1 N–H and O–H groups in total. The summed E-state index contributed by atoms with van der Waals surface area (Å²) in [5.41, 5.74) is 1.28. The summed E-state index contributed by atoms with van der Waals surface area (Å²) in [6.07, 6.45) is 3.70. The topological polar surface area (TPSA) is 85.2 Å². The molecule has 26 heavy (non-hydrogen) atoms. The van der Waals surface area contributed by atoms with E-state index < -0.39 is 0 Å². The Morgan fingerprint density at radius 3 is 2.77 bits per heavy atom. The van der Waals surface area contributed by atoms with Crippen LogP contribution in [-0.2, 0) is 11.3 Å². The molecule has 0 atom stereocenters. The second-order valence-electron chi connectivity index (χ2n) is 6.84. The number of hydrogen-bond acceptors (Lipinski definition) is 6. The van der Waals surface area contributed by atoms with Crippen LogP contribution in [0.15, 0.2) is 24.4 Å². The molecule has 1 amide bonds. The van der Waals surface area contributed by atoms with Gasteiger partial charge in [-0.3, -0.25) is 4.79 Å². The number of amides is 1. The second-order valence-corrected chi connectivity index (χ2v) is 6.84. The van der Waals surface area contributed by atoms with Gasteiger partial charge in [0.05, 0.1) is 19.0 Å². The first-order valence-corrected chi connectivity index (χ1v) is 9.00. The van der Waals surface area contributed by atoms with Crippen LogP contribution in [0.1, 0.15) is 26.7 Å². The number of nitrogens with one attached hydrogen (secondary N) is 1. The lowest BCUT2D eigenvalue weighted by Crippen LogP contribution is -2.47. The van der Waals surface area contributed by atoms with E-state index in [2.05, 4.69) is 39.4 Å². The minimum absolute atomic E-state index is 0.0388. The molecule has 8 nitrogen and oxygen atoms in total. The molecule has 2 aromatic rings. The molecule has 3 rings (SSSR count). The molecule has 1 fully saturated rings. The van der Waals surface area contributed by atoms with Crippen molar-refractivity contribution in [2.45, 2.75) is 45.3 Å². The Morgan fingerprint density at radius 1 is 1.31 bits per heavy atom. The van der Waals surface area contributed by atoms with Crippen molar-refractivity contribution in [3.63, 3.8) is 0 Å². The van der Waals surface area contributed by atoms with Crippen molar-refractivity contribution in [3.8, 4) is 17.3 Å². The first-order valence-electron chi connectivity index (χ1n) is 9.00. The van der Waals surface area contributed by atoms with E-state index in [1.807, 2.05) is 12.1 Å². The molecule has 2 aromatic heterocycles. The molecule has 3 heterocycles. The van der Waals surface area contributed by atoms with Crippen molar-refractivity contribution in [1.82, 2.24) is 30.2 Å².